The maximum absolute atomic E-state index is 11.7. The number of nitrogens with two attached hydrogens (primary N) is 1. The summed E-state index contributed by atoms with van der Waals surface area (Å²) in [5.74, 6) is -0.157. The van der Waals surface area contributed by atoms with Crippen LogP contribution in [0, 0.1) is 0 Å². The van der Waals surface area contributed by atoms with Gasteiger partial charge in [-0.2, -0.15) is 10.2 Å². The molecule has 0 saturated carbocycles. The molecule has 1 aromatic carbocycles. The zero-order valence-corrected chi connectivity index (χ0v) is 9.13. The fourth-order valence-electron chi connectivity index (χ4n) is 1.34. The molecule has 0 bridgehead atoms. The SMILES string of the molecule is Nc1ccc(C(=O)NCc2cccnn2)cc1. The molecule has 1 heterocycles. The van der Waals surface area contributed by atoms with Crippen molar-refractivity contribution in [1.29, 1.82) is 0 Å². The number of carbonyl (C=O) groups is 1. The van der Waals surface area contributed by atoms with Gasteiger partial charge in [-0.25, -0.2) is 0 Å². The molecule has 0 unspecified atom stereocenters. The highest BCUT2D eigenvalue weighted by molar-refractivity contribution is 5.94. The molecule has 0 aliphatic carbocycles. The molecular formula is C12H12N4O. The van der Waals surface area contributed by atoms with Crippen LogP contribution in [-0.2, 0) is 6.54 Å². The fraction of sp³-hybridized carbons (Fsp3) is 0.0833. The van der Waals surface area contributed by atoms with Crippen LogP contribution in [0.4, 0.5) is 5.69 Å². The van der Waals surface area contributed by atoms with Gasteiger partial charge in [-0.1, -0.05) is 0 Å². The number of nitrogens with one attached hydrogen (secondary N) is 1. The van der Waals surface area contributed by atoms with E-state index in [0.29, 0.717) is 17.8 Å². The first-order valence-corrected chi connectivity index (χ1v) is 5.16. The Morgan fingerprint density at radius 1 is 1.24 bits per heavy atom. The summed E-state index contributed by atoms with van der Waals surface area (Å²) in [6, 6.07) is 10.3. The smallest absolute Gasteiger partial charge is 0.251 e. The maximum Gasteiger partial charge on any atom is 0.251 e. The number of carbonyl (C=O) groups excluding carboxylic acids is 1. The van der Waals surface area contributed by atoms with Crippen LogP contribution in [0.1, 0.15) is 16.1 Å². The van der Waals surface area contributed by atoms with Crippen molar-refractivity contribution in [2.24, 2.45) is 0 Å². The van der Waals surface area contributed by atoms with Gasteiger partial charge in [0, 0.05) is 17.4 Å². The molecule has 0 aliphatic heterocycles. The first kappa shape index (κ1) is 11.1. The van der Waals surface area contributed by atoms with Crippen LogP contribution in [0.3, 0.4) is 0 Å². The second kappa shape index (κ2) is 5.07. The van der Waals surface area contributed by atoms with Crippen molar-refractivity contribution < 1.29 is 4.79 Å². The van der Waals surface area contributed by atoms with Gasteiger partial charge in [-0.05, 0) is 36.4 Å². The normalized spacial score (nSPS) is 9.88. The average Bonchev–Trinajstić information content (AvgIpc) is 2.38. The highest BCUT2D eigenvalue weighted by atomic mass is 16.1. The van der Waals surface area contributed by atoms with Crippen LogP contribution >= 0.6 is 0 Å². The highest BCUT2D eigenvalue weighted by Crippen LogP contribution is 2.05. The van der Waals surface area contributed by atoms with Gasteiger partial charge >= 0.3 is 0 Å². The van der Waals surface area contributed by atoms with Crippen LogP contribution in [0.5, 0.6) is 0 Å². The lowest BCUT2D eigenvalue weighted by Gasteiger charge is -2.04. The lowest BCUT2D eigenvalue weighted by atomic mass is 10.2. The Kier molecular flexibility index (Phi) is 3.30. The standard InChI is InChI=1S/C12H12N4O/c13-10-5-3-9(4-6-10)12(17)14-8-11-2-1-7-15-16-11/h1-7H,8,13H2,(H,14,17). The molecule has 0 atom stereocenters. The van der Waals surface area contributed by atoms with Crippen LogP contribution in [0.25, 0.3) is 0 Å². The number of anilines is 1. The molecule has 0 radical (unpaired) electrons. The molecule has 0 fully saturated rings. The topological polar surface area (TPSA) is 80.9 Å². The Morgan fingerprint density at radius 2 is 2.00 bits per heavy atom. The third-order valence-electron chi connectivity index (χ3n) is 2.23. The summed E-state index contributed by atoms with van der Waals surface area (Å²) in [6.07, 6.45) is 1.59. The summed E-state index contributed by atoms with van der Waals surface area (Å²) in [4.78, 5) is 11.7. The van der Waals surface area contributed by atoms with Gasteiger partial charge < -0.3 is 11.1 Å². The zero-order chi connectivity index (χ0) is 12.1. The first-order chi connectivity index (χ1) is 8.25. The quantitative estimate of drug-likeness (QED) is 0.767. The van der Waals surface area contributed by atoms with E-state index in [0.717, 1.165) is 5.69 Å². The Labute approximate surface area is 98.7 Å². The molecule has 5 heteroatoms. The second-order valence-electron chi connectivity index (χ2n) is 3.52. The predicted octanol–water partition coefficient (Wildman–Crippen LogP) is 0.989. The molecule has 1 amide bonds. The molecule has 5 nitrogen and oxygen atoms in total. The van der Waals surface area contributed by atoms with Crippen LogP contribution in [0.2, 0.25) is 0 Å². The number of benzene rings is 1. The molecule has 17 heavy (non-hydrogen) atoms. The van der Waals surface area contributed by atoms with Crippen molar-refractivity contribution in [2.45, 2.75) is 6.54 Å². The van der Waals surface area contributed by atoms with Crippen molar-refractivity contribution in [3.8, 4) is 0 Å². The van der Waals surface area contributed by atoms with E-state index in [1.807, 2.05) is 0 Å². The minimum atomic E-state index is -0.157. The van der Waals surface area contributed by atoms with E-state index in [2.05, 4.69) is 15.5 Å². The maximum atomic E-state index is 11.7. The van der Waals surface area contributed by atoms with E-state index in [4.69, 9.17) is 5.73 Å². The monoisotopic (exact) mass is 228 g/mol. The third-order valence-corrected chi connectivity index (χ3v) is 2.23. The summed E-state index contributed by atoms with van der Waals surface area (Å²) in [6.45, 7) is 0.358. The molecule has 0 aliphatic rings. The Bertz CT molecular complexity index is 496. The third kappa shape index (κ3) is 3.01. The Morgan fingerprint density at radius 3 is 2.65 bits per heavy atom. The van der Waals surface area contributed by atoms with Crippen molar-refractivity contribution in [3.63, 3.8) is 0 Å². The fourth-order valence-corrected chi connectivity index (χ4v) is 1.34. The Hall–Kier alpha value is -2.43. The van der Waals surface area contributed by atoms with E-state index in [-0.39, 0.29) is 5.91 Å². The van der Waals surface area contributed by atoms with Gasteiger partial charge in [0.1, 0.15) is 0 Å². The van der Waals surface area contributed by atoms with E-state index in [1.165, 1.54) is 0 Å². The second-order valence-corrected chi connectivity index (χ2v) is 3.52. The molecule has 2 rings (SSSR count). The lowest BCUT2D eigenvalue weighted by Crippen LogP contribution is -2.23. The summed E-state index contributed by atoms with van der Waals surface area (Å²) in [5.41, 5.74) is 7.47. The number of hydrogen-bond acceptors (Lipinski definition) is 4. The van der Waals surface area contributed by atoms with Gasteiger partial charge in [0.2, 0.25) is 0 Å². The van der Waals surface area contributed by atoms with Crippen molar-refractivity contribution in [1.82, 2.24) is 15.5 Å². The van der Waals surface area contributed by atoms with E-state index < -0.39 is 0 Å². The minimum absolute atomic E-state index is 0.157. The first-order valence-electron chi connectivity index (χ1n) is 5.16. The number of amides is 1. The number of hydrogen-bond donors (Lipinski definition) is 2. The largest absolute Gasteiger partial charge is 0.399 e. The summed E-state index contributed by atoms with van der Waals surface area (Å²) >= 11 is 0. The van der Waals surface area contributed by atoms with Crippen molar-refractivity contribution >= 4 is 11.6 Å². The number of aromatic nitrogens is 2. The predicted molar refractivity (Wildman–Crippen MR) is 64.1 cm³/mol. The molecule has 1 aromatic heterocycles. The molecule has 3 N–H and O–H groups in total. The zero-order valence-electron chi connectivity index (χ0n) is 9.13. The molecule has 86 valence electrons. The lowest BCUT2D eigenvalue weighted by molar-refractivity contribution is 0.0950. The molecule has 0 spiro atoms. The van der Waals surface area contributed by atoms with Crippen molar-refractivity contribution in [2.75, 3.05) is 5.73 Å². The van der Waals surface area contributed by atoms with Gasteiger partial charge in [0.25, 0.3) is 5.91 Å². The highest BCUT2D eigenvalue weighted by Gasteiger charge is 2.04. The van der Waals surface area contributed by atoms with E-state index in [9.17, 15) is 4.79 Å². The van der Waals surface area contributed by atoms with Crippen molar-refractivity contribution in [3.05, 3.63) is 53.9 Å². The summed E-state index contributed by atoms with van der Waals surface area (Å²) < 4.78 is 0. The molecule has 2 aromatic rings. The number of rotatable bonds is 3. The van der Waals surface area contributed by atoms with Gasteiger partial charge in [-0.3, -0.25) is 4.79 Å². The Balaban J connectivity index is 1.96. The van der Waals surface area contributed by atoms with Crippen LogP contribution in [0.15, 0.2) is 42.6 Å². The van der Waals surface area contributed by atoms with Gasteiger partial charge in [0.05, 0.1) is 12.2 Å². The summed E-state index contributed by atoms with van der Waals surface area (Å²) in [7, 11) is 0. The van der Waals surface area contributed by atoms with E-state index >= 15 is 0 Å². The van der Waals surface area contributed by atoms with Crippen LogP contribution < -0.4 is 11.1 Å². The number of nitrogen functional groups attached to an aromatic ring is 1. The number of nitrogens with zero attached hydrogens (tertiary/aromatic N) is 2. The minimum Gasteiger partial charge on any atom is -0.399 e. The average molecular weight is 228 g/mol. The van der Waals surface area contributed by atoms with Gasteiger partial charge in [-0.15, -0.1) is 0 Å². The molecule has 0 saturated heterocycles. The summed E-state index contributed by atoms with van der Waals surface area (Å²) in [5, 5.41) is 10.4. The van der Waals surface area contributed by atoms with Gasteiger partial charge in [0.15, 0.2) is 0 Å². The molecular weight excluding hydrogens is 216 g/mol. The van der Waals surface area contributed by atoms with Crippen LogP contribution in [-0.4, -0.2) is 16.1 Å². The van der Waals surface area contributed by atoms with E-state index in [1.54, 1.807) is 42.6 Å².